The summed E-state index contributed by atoms with van der Waals surface area (Å²) in [6, 6.07) is -0.319. The molecule has 0 saturated carbocycles. The SMILES string of the molecule is CC(C)=CCN1CCNC(=O)C1CC(=O)N1CCCCCC1. The van der Waals surface area contributed by atoms with E-state index in [4.69, 9.17) is 0 Å². The fraction of sp³-hybridized carbons (Fsp3) is 0.765. The molecule has 0 aromatic carbocycles. The summed E-state index contributed by atoms with van der Waals surface area (Å²) in [5.74, 6) is 0.128. The van der Waals surface area contributed by atoms with Gasteiger partial charge in [0.15, 0.2) is 0 Å². The van der Waals surface area contributed by atoms with Crippen molar-refractivity contribution in [3.63, 3.8) is 0 Å². The van der Waals surface area contributed by atoms with Gasteiger partial charge in [-0.15, -0.1) is 0 Å². The Hall–Kier alpha value is -1.36. The first-order chi connectivity index (χ1) is 10.6. The average molecular weight is 307 g/mol. The molecule has 0 aromatic rings. The van der Waals surface area contributed by atoms with E-state index in [1.807, 2.05) is 4.90 Å². The Bertz CT molecular complexity index is 422. The van der Waals surface area contributed by atoms with Crippen LogP contribution < -0.4 is 5.32 Å². The summed E-state index contributed by atoms with van der Waals surface area (Å²) in [7, 11) is 0. The van der Waals surface area contributed by atoms with Crippen LogP contribution in [-0.2, 0) is 9.59 Å². The van der Waals surface area contributed by atoms with Gasteiger partial charge in [-0.1, -0.05) is 24.5 Å². The van der Waals surface area contributed by atoms with Crippen LogP contribution in [0.4, 0.5) is 0 Å². The number of hydrogen-bond acceptors (Lipinski definition) is 3. The molecule has 22 heavy (non-hydrogen) atoms. The third kappa shape index (κ3) is 4.83. The number of amides is 2. The van der Waals surface area contributed by atoms with Gasteiger partial charge in [0.25, 0.3) is 0 Å². The molecular formula is C17H29N3O2. The largest absolute Gasteiger partial charge is 0.353 e. The van der Waals surface area contributed by atoms with Crippen LogP contribution in [0.3, 0.4) is 0 Å². The average Bonchev–Trinajstić information content (AvgIpc) is 2.77. The van der Waals surface area contributed by atoms with Crippen molar-refractivity contribution in [3.8, 4) is 0 Å². The van der Waals surface area contributed by atoms with Gasteiger partial charge in [0.1, 0.15) is 0 Å². The molecule has 0 radical (unpaired) electrons. The molecule has 2 rings (SSSR count). The molecule has 1 atom stereocenters. The number of hydrogen-bond donors (Lipinski definition) is 1. The molecular weight excluding hydrogens is 278 g/mol. The molecule has 2 heterocycles. The van der Waals surface area contributed by atoms with Crippen molar-refractivity contribution < 1.29 is 9.59 Å². The van der Waals surface area contributed by atoms with Crippen molar-refractivity contribution in [2.75, 3.05) is 32.7 Å². The summed E-state index contributed by atoms with van der Waals surface area (Å²) in [4.78, 5) is 28.8. The predicted molar refractivity (Wildman–Crippen MR) is 87.5 cm³/mol. The summed E-state index contributed by atoms with van der Waals surface area (Å²) in [6.07, 6.45) is 7.03. The van der Waals surface area contributed by atoms with Crippen molar-refractivity contribution in [2.24, 2.45) is 0 Å². The molecule has 124 valence electrons. The van der Waals surface area contributed by atoms with Crippen LogP contribution in [0.5, 0.6) is 0 Å². The molecule has 0 bridgehead atoms. The minimum absolute atomic E-state index is 0.00317. The quantitative estimate of drug-likeness (QED) is 0.802. The molecule has 5 heteroatoms. The van der Waals surface area contributed by atoms with Gasteiger partial charge < -0.3 is 10.2 Å². The van der Waals surface area contributed by atoms with E-state index >= 15 is 0 Å². The minimum atomic E-state index is -0.319. The van der Waals surface area contributed by atoms with E-state index < -0.39 is 0 Å². The Balaban J connectivity index is 1.97. The van der Waals surface area contributed by atoms with Gasteiger partial charge in [-0.05, 0) is 26.7 Å². The first-order valence-corrected chi connectivity index (χ1v) is 8.51. The van der Waals surface area contributed by atoms with Gasteiger partial charge in [0.2, 0.25) is 11.8 Å². The Kier molecular flexibility index (Phi) is 6.43. The van der Waals surface area contributed by atoms with Crippen LogP contribution >= 0.6 is 0 Å². The maximum absolute atomic E-state index is 12.6. The lowest BCUT2D eigenvalue weighted by Gasteiger charge is -2.35. The molecule has 5 nitrogen and oxygen atoms in total. The lowest BCUT2D eigenvalue weighted by Crippen LogP contribution is -2.56. The number of rotatable bonds is 4. The van der Waals surface area contributed by atoms with Crippen LogP contribution in [0.1, 0.15) is 46.0 Å². The number of nitrogens with zero attached hydrogens (tertiary/aromatic N) is 2. The fourth-order valence-electron chi connectivity index (χ4n) is 3.12. The van der Waals surface area contributed by atoms with E-state index in [2.05, 4.69) is 30.1 Å². The van der Waals surface area contributed by atoms with Gasteiger partial charge in [-0.2, -0.15) is 0 Å². The zero-order chi connectivity index (χ0) is 15.9. The maximum Gasteiger partial charge on any atom is 0.237 e. The summed E-state index contributed by atoms with van der Waals surface area (Å²) in [5, 5.41) is 2.90. The predicted octanol–water partition coefficient (Wildman–Crippen LogP) is 1.55. The van der Waals surface area contributed by atoms with E-state index in [9.17, 15) is 9.59 Å². The summed E-state index contributed by atoms with van der Waals surface area (Å²) in [6.45, 7) is 8.04. The number of carbonyl (C=O) groups is 2. The normalized spacial score (nSPS) is 23.6. The number of likely N-dealkylation sites (tertiary alicyclic amines) is 1. The van der Waals surface area contributed by atoms with Gasteiger partial charge in [-0.25, -0.2) is 0 Å². The molecule has 2 fully saturated rings. The third-order valence-corrected chi connectivity index (χ3v) is 4.50. The molecule has 0 spiro atoms. The molecule has 2 aliphatic rings. The van der Waals surface area contributed by atoms with Crippen LogP contribution in [0, 0.1) is 0 Å². The number of piperazine rings is 1. The second-order valence-corrected chi connectivity index (χ2v) is 6.58. The number of nitrogens with one attached hydrogen (secondary N) is 1. The van der Waals surface area contributed by atoms with E-state index in [0.29, 0.717) is 13.0 Å². The van der Waals surface area contributed by atoms with Gasteiger partial charge in [0, 0.05) is 32.7 Å². The van der Waals surface area contributed by atoms with Crippen LogP contribution in [0.2, 0.25) is 0 Å². The van der Waals surface area contributed by atoms with Crippen molar-refractivity contribution >= 4 is 11.8 Å². The van der Waals surface area contributed by atoms with E-state index in [0.717, 1.165) is 39.0 Å². The summed E-state index contributed by atoms with van der Waals surface area (Å²) in [5.41, 5.74) is 1.24. The Morgan fingerprint density at radius 1 is 1.18 bits per heavy atom. The molecule has 2 aliphatic heterocycles. The lowest BCUT2D eigenvalue weighted by molar-refractivity contribution is -0.138. The van der Waals surface area contributed by atoms with Crippen molar-refractivity contribution in [1.82, 2.24) is 15.1 Å². The van der Waals surface area contributed by atoms with Crippen LogP contribution in [0.15, 0.2) is 11.6 Å². The summed E-state index contributed by atoms with van der Waals surface area (Å²) < 4.78 is 0. The highest BCUT2D eigenvalue weighted by Gasteiger charge is 2.32. The number of carbonyl (C=O) groups excluding carboxylic acids is 2. The Morgan fingerprint density at radius 2 is 1.86 bits per heavy atom. The molecule has 1 unspecified atom stereocenters. The topological polar surface area (TPSA) is 52.7 Å². The highest BCUT2D eigenvalue weighted by molar-refractivity contribution is 5.88. The zero-order valence-electron chi connectivity index (χ0n) is 13.9. The lowest BCUT2D eigenvalue weighted by atomic mass is 10.1. The second kappa shape index (κ2) is 8.32. The highest BCUT2D eigenvalue weighted by atomic mass is 16.2. The van der Waals surface area contributed by atoms with Gasteiger partial charge in [0.05, 0.1) is 12.5 Å². The highest BCUT2D eigenvalue weighted by Crippen LogP contribution is 2.15. The van der Waals surface area contributed by atoms with Crippen molar-refractivity contribution in [1.29, 1.82) is 0 Å². The smallest absolute Gasteiger partial charge is 0.237 e. The Labute approximate surface area is 133 Å². The summed E-state index contributed by atoms with van der Waals surface area (Å²) >= 11 is 0. The van der Waals surface area contributed by atoms with Gasteiger partial charge in [-0.3, -0.25) is 14.5 Å². The number of allylic oxidation sites excluding steroid dienone is 1. The van der Waals surface area contributed by atoms with Crippen LogP contribution in [-0.4, -0.2) is 60.4 Å². The fourth-order valence-corrected chi connectivity index (χ4v) is 3.12. The molecule has 2 saturated heterocycles. The van der Waals surface area contributed by atoms with E-state index in [1.54, 1.807) is 0 Å². The molecule has 0 aliphatic carbocycles. The standard InChI is InChI=1S/C17H29N3O2/c1-14(2)7-11-19-12-8-18-17(22)15(19)13-16(21)20-9-5-3-4-6-10-20/h7,15H,3-6,8-13H2,1-2H3,(H,18,22). The zero-order valence-corrected chi connectivity index (χ0v) is 13.9. The van der Waals surface area contributed by atoms with Gasteiger partial charge >= 0.3 is 0 Å². The monoisotopic (exact) mass is 307 g/mol. The molecule has 2 amide bonds. The van der Waals surface area contributed by atoms with Crippen molar-refractivity contribution in [3.05, 3.63) is 11.6 Å². The Morgan fingerprint density at radius 3 is 2.50 bits per heavy atom. The minimum Gasteiger partial charge on any atom is -0.353 e. The molecule has 1 N–H and O–H groups in total. The maximum atomic E-state index is 12.6. The van der Waals surface area contributed by atoms with E-state index in [-0.39, 0.29) is 17.9 Å². The van der Waals surface area contributed by atoms with Crippen molar-refractivity contribution in [2.45, 2.75) is 52.0 Å². The first kappa shape index (κ1) is 17.0. The third-order valence-electron chi connectivity index (χ3n) is 4.50. The second-order valence-electron chi connectivity index (χ2n) is 6.58. The van der Waals surface area contributed by atoms with Crippen LogP contribution in [0.25, 0.3) is 0 Å². The first-order valence-electron chi connectivity index (χ1n) is 8.51. The van der Waals surface area contributed by atoms with E-state index in [1.165, 1.54) is 18.4 Å². The molecule has 0 aromatic heterocycles.